The van der Waals surface area contributed by atoms with Gasteiger partial charge in [-0.15, -0.1) is 0 Å². The fourth-order valence-electron chi connectivity index (χ4n) is 3.97. The van der Waals surface area contributed by atoms with Crippen LogP contribution in [0.1, 0.15) is 35.7 Å². The van der Waals surface area contributed by atoms with Crippen molar-refractivity contribution in [3.05, 3.63) is 35.4 Å². The van der Waals surface area contributed by atoms with Crippen LogP contribution in [0.2, 0.25) is 0 Å². The summed E-state index contributed by atoms with van der Waals surface area (Å²) in [6, 6.07) is 9.67. The van der Waals surface area contributed by atoms with Crippen LogP contribution in [0.4, 0.5) is 0 Å². The Kier molecular flexibility index (Phi) is 5.72. The standard InChI is InChI=1S/C20H28N4O/c1-16-14-22(2)11-12-24(16)15-18-7-9-23(10-8-18)20(25)19-5-3-17(13-21)4-6-19/h3-6,16,18H,7-12,14-15H2,1-2H3/t16-/m1/s1. The normalized spacial score (nSPS) is 23.4. The summed E-state index contributed by atoms with van der Waals surface area (Å²) in [4.78, 5) is 19.6. The van der Waals surface area contributed by atoms with Crippen LogP contribution in [0.15, 0.2) is 24.3 Å². The molecule has 5 nitrogen and oxygen atoms in total. The summed E-state index contributed by atoms with van der Waals surface area (Å²) >= 11 is 0. The summed E-state index contributed by atoms with van der Waals surface area (Å²) in [5.74, 6) is 0.784. The van der Waals surface area contributed by atoms with Crippen LogP contribution in [0.5, 0.6) is 0 Å². The third kappa shape index (κ3) is 4.39. The molecular formula is C20H28N4O. The molecule has 0 aliphatic carbocycles. The molecule has 25 heavy (non-hydrogen) atoms. The van der Waals surface area contributed by atoms with Gasteiger partial charge in [0.05, 0.1) is 11.6 Å². The Labute approximate surface area is 150 Å². The van der Waals surface area contributed by atoms with Crippen LogP contribution in [0.25, 0.3) is 0 Å². The van der Waals surface area contributed by atoms with Crippen LogP contribution in [-0.4, -0.2) is 73.0 Å². The Hall–Kier alpha value is -1.90. The number of nitriles is 1. The van der Waals surface area contributed by atoms with Gasteiger partial charge < -0.3 is 9.80 Å². The van der Waals surface area contributed by atoms with Gasteiger partial charge >= 0.3 is 0 Å². The molecule has 1 aromatic rings. The Bertz CT molecular complexity index is 628. The van der Waals surface area contributed by atoms with Gasteiger partial charge in [0.15, 0.2) is 0 Å². The van der Waals surface area contributed by atoms with Crippen molar-refractivity contribution in [2.75, 3.05) is 46.3 Å². The van der Waals surface area contributed by atoms with E-state index in [4.69, 9.17) is 5.26 Å². The van der Waals surface area contributed by atoms with Gasteiger partial charge in [-0.05, 0) is 57.0 Å². The molecule has 1 atom stereocenters. The molecule has 0 aromatic heterocycles. The number of likely N-dealkylation sites (tertiary alicyclic amines) is 1. The summed E-state index contributed by atoms with van der Waals surface area (Å²) in [5, 5.41) is 8.86. The van der Waals surface area contributed by atoms with Crippen LogP contribution < -0.4 is 0 Å². The monoisotopic (exact) mass is 340 g/mol. The number of nitrogens with zero attached hydrogens (tertiary/aromatic N) is 4. The average Bonchev–Trinajstić information content (AvgIpc) is 2.64. The van der Waals surface area contributed by atoms with E-state index in [2.05, 4.69) is 29.8 Å². The smallest absolute Gasteiger partial charge is 0.253 e. The molecule has 0 bridgehead atoms. The lowest BCUT2D eigenvalue weighted by atomic mass is 9.94. The lowest BCUT2D eigenvalue weighted by molar-refractivity contribution is 0.0556. The van der Waals surface area contributed by atoms with Crippen molar-refractivity contribution >= 4 is 5.91 Å². The average molecular weight is 340 g/mol. The molecule has 2 saturated heterocycles. The predicted molar refractivity (Wildman–Crippen MR) is 98.3 cm³/mol. The number of hydrogen-bond acceptors (Lipinski definition) is 4. The number of hydrogen-bond donors (Lipinski definition) is 0. The minimum atomic E-state index is 0.0934. The first-order valence-corrected chi connectivity index (χ1v) is 9.29. The molecule has 1 amide bonds. The second-order valence-corrected chi connectivity index (χ2v) is 7.53. The molecule has 1 aromatic carbocycles. The van der Waals surface area contributed by atoms with E-state index in [0.29, 0.717) is 23.1 Å². The van der Waals surface area contributed by atoms with Gasteiger partial charge in [0.2, 0.25) is 0 Å². The zero-order valence-corrected chi connectivity index (χ0v) is 15.3. The van der Waals surface area contributed by atoms with E-state index < -0.39 is 0 Å². The summed E-state index contributed by atoms with van der Waals surface area (Å²) in [6.45, 7) is 8.61. The first-order valence-electron chi connectivity index (χ1n) is 9.29. The number of carbonyl (C=O) groups excluding carboxylic acids is 1. The number of likely N-dealkylation sites (N-methyl/N-ethyl adjacent to an activating group) is 1. The highest BCUT2D eigenvalue weighted by Crippen LogP contribution is 2.22. The van der Waals surface area contributed by atoms with Gasteiger partial charge in [-0.1, -0.05) is 0 Å². The van der Waals surface area contributed by atoms with E-state index in [9.17, 15) is 4.79 Å². The molecule has 0 N–H and O–H groups in total. The second-order valence-electron chi connectivity index (χ2n) is 7.53. The zero-order chi connectivity index (χ0) is 17.8. The van der Waals surface area contributed by atoms with Crippen molar-refractivity contribution in [2.45, 2.75) is 25.8 Å². The van der Waals surface area contributed by atoms with Crippen LogP contribution in [-0.2, 0) is 0 Å². The molecular weight excluding hydrogens is 312 g/mol. The van der Waals surface area contributed by atoms with Gasteiger partial charge in [-0.3, -0.25) is 9.69 Å². The van der Waals surface area contributed by atoms with Gasteiger partial charge in [-0.2, -0.15) is 5.26 Å². The quantitative estimate of drug-likeness (QED) is 0.845. The summed E-state index contributed by atoms with van der Waals surface area (Å²) in [7, 11) is 2.20. The zero-order valence-electron chi connectivity index (χ0n) is 15.3. The molecule has 0 unspecified atom stereocenters. The molecule has 0 radical (unpaired) electrons. The molecule has 134 valence electrons. The highest BCUT2D eigenvalue weighted by atomic mass is 16.2. The third-order valence-corrected chi connectivity index (χ3v) is 5.62. The van der Waals surface area contributed by atoms with Crippen LogP contribution in [0.3, 0.4) is 0 Å². The van der Waals surface area contributed by atoms with E-state index in [1.54, 1.807) is 24.3 Å². The maximum Gasteiger partial charge on any atom is 0.253 e. The van der Waals surface area contributed by atoms with Crippen molar-refractivity contribution in [1.29, 1.82) is 5.26 Å². The Morgan fingerprint density at radius 3 is 2.44 bits per heavy atom. The molecule has 3 rings (SSSR count). The van der Waals surface area contributed by atoms with Crippen LogP contribution >= 0.6 is 0 Å². The lowest BCUT2D eigenvalue weighted by Gasteiger charge is -2.41. The Balaban J connectivity index is 1.49. The van der Waals surface area contributed by atoms with Gasteiger partial charge in [0, 0.05) is 50.9 Å². The predicted octanol–water partition coefficient (Wildman–Crippen LogP) is 2.05. The fourth-order valence-corrected chi connectivity index (χ4v) is 3.97. The molecule has 5 heteroatoms. The third-order valence-electron chi connectivity index (χ3n) is 5.62. The van der Waals surface area contributed by atoms with E-state index in [0.717, 1.165) is 52.1 Å². The minimum absolute atomic E-state index is 0.0934. The number of benzene rings is 1. The van der Waals surface area contributed by atoms with E-state index in [1.807, 2.05) is 4.90 Å². The number of rotatable bonds is 3. The topological polar surface area (TPSA) is 50.6 Å². The number of piperazine rings is 1. The maximum absolute atomic E-state index is 12.6. The first kappa shape index (κ1) is 17.9. The SMILES string of the molecule is C[C@@H]1CN(C)CCN1CC1CCN(C(=O)c2ccc(C#N)cc2)CC1. The summed E-state index contributed by atoms with van der Waals surface area (Å²) < 4.78 is 0. The minimum Gasteiger partial charge on any atom is -0.339 e. The van der Waals surface area contributed by atoms with Gasteiger partial charge in [-0.25, -0.2) is 0 Å². The number of amides is 1. The first-order chi connectivity index (χ1) is 12.1. The highest BCUT2D eigenvalue weighted by molar-refractivity contribution is 5.94. The van der Waals surface area contributed by atoms with Gasteiger partial charge in [0.1, 0.15) is 0 Å². The molecule has 2 heterocycles. The van der Waals surface area contributed by atoms with Crippen molar-refractivity contribution in [3.8, 4) is 6.07 Å². The van der Waals surface area contributed by atoms with Gasteiger partial charge in [0.25, 0.3) is 5.91 Å². The fraction of sp³-hybridized carbons (Fsp3) is 0.600. The maximum atomic E-state index is 12.6. The molecule has 0 spiro atoms. The molecule has 2 aliphatic rings. The van der Waals surface area contributed by atoms with Crippen molar-refractivity contribution in [1.82, 2.24) is 14.7 Å². The van der Waals surface area contributed by atoms with E-state index >= 15 is 0 Å². The number of piperidine rings is 1. The summed E-state index contributed by atoms with van der Waals surface area (Å²) in [6.07, 6.45) is 2.17. The Morgan fingerprint density at radius 2 is 1.84 bits per heavy atom. The lowest BCUT2D eigenvalue weighted by Crippen LogP contribution is -2.52. The van der Waals surface area contributed by atoms with Crippen molar-refractivity contribution in [3.63, 3.8) is 0 Å². The van der Waals surface area contributed by atoms with Crippen molar-refractivity contribution in [2.24, 2.45) is 5.92 Å². The van der Waals surface area contributed by atoms with Crippen LogP contribution in [0, 0.1) is 17.2 Å². The number of carbonyl (C=O) groups is 1. The second kappa shape index (κ2) is 7.99. The largest absolute Gasteiger partial charge is 0.339 e. The van der Waals surface area contributed by atoms with E-state index in [1.165, 1.54) is 0 Å². The summed E-state index contributed by atoms with van der Waals surface area (Å²) in [5.41, 5.74) is 1.28. The molecule has 0 saturated carbocycles. The Morgan fingerprint density at radius 1 is 1.16 bits per heavy atom. The molecule has 2 fully saturated rings. The molecule has 2 aliphatic heterocycles. The van der Waals surface area contributed by atoms with E-state index in [-0.39, 0.29) is 5.91 Å². The van der Waals surface area contributed by atoms with Crippen molar-refractivity contribution < 1.29 is 4.79 Å². The highest BCUT2D eigenvalue weighted by Gasteiger charge is 2.28.